The summed E-state index contributed by atoms with van der Waals surface area (Å²) < 4.78 is 19.2. The summed E-state index contributed by atoms with van der Waals surface area (Å²) in [6, 6.07) is 17.8. The Balaban J connectivity index is 2.03. The first kappa shape index (κ1) is 12.6. The molecule has 0 amide bonds. The van der Waals surface area contributed by atoms with E-state index in [2.05, 4.69) is 0 Å². The van der Waals surface area contributed by atoms with Crippen LogP contribution >= 0.6 is 0 Å². The predicted octanol–water partition coefficient (Wildman–Crippen LogP) is 4.26. The lowest BCUT2D eigenvalue weighted by Crippen LogP contribution is -1.90. The van der Waals surface area contributed by atoms with Gasteiger partial charge in [0.1, 0.15) is 17.3 Å². The standard InChI is InChI=1S/C17H13FO2/c18-14-8-12(11-19)9-15(10-14)20-17-7-3-5-13-4-1-2-6-16(13)17/h1-10,19H,11H2. The minimum Gasteiger partial charge on any atom is -0.457 e. The molecule has 0 radical (unpaired) electrons. The fourth-order valence-electron chi connectivity index (χ4n) is 2.18. The van der Waals surface area contributed by atoms with E-state index in [9.17, 15) is 4.39 Å². The van der Waals surface area contributed by atoms with Crippen LogP contribution in [-0.2, 0) is 6.61 Å². The molecule has 0 aliphatic rings. The van der Waals surface area contributed by atoms with Crippen LogP contribution in [-0.4, -0.2) is 5.11 Å². The van der Waals surface area contributed by atoms with Gasteiger partial charge in [-0.1, -0.05) is 36.4 Å². The van der Waals surface area contributed by atoms with Crippen molar-refractivity contribution in [2.75, 3.05) is 0 Å². The highest BCUT2D eigenvalue weighted by Crippen LogP contribution is 2.30. The third-order valence-electron chi connectivity index (χ3n) is 3.09. The summed E-state index contributed by atoms with van der Waals surface area (Å²) in [7, 11) is 0. The molecule has 0 bridgehead atoms. The summed E-state index contributed by atoms with van der Waals surface area (Å²) >= 11 is 0. The van der Waals surface area contributed by atoms with E-state index in [-0.39, 0.29) is 6.61 Å². The number of halogens is 1. The Morgan fingerprint density at radius 1 is 0.950 bits per heavy atom. The minimum atomic E-state index is -0.424. The molecule has 3 aromatic rings. The Morgan fingerprint density at radius 2 is 1.75 bits per heavy atom. The molecule has 0 aliphatic carbocycles. The zero-order valence-electron chi connectivity index (χ0n) is 10.7. The van der Waals surface area contributed by atoms with Gasteiger partial charge in [0.2, 0.25) is 0 Å². The summed E-state index contributed by atoms with van der Waals surface area (Å²) in [5, 5.41) is 11.1. The van der Waals surface area contributed by atoms with E-state index in [1.54, 1.807) is 6.07 Å². The first-order chi connectivity index (χ1) is 9.76. The number of ether oxygens (including phenoxy) is 1. The maximum Gasteiger partial charge on any atom is 0.135 e. The molecule has 0 atom stereocenters. The van der Waals surface area contributed by atoms with Crippen LogP contribution < -0.4 is 4.74 Å². The van der Waals surface area contributed by atoms with Crippen molar-refractivity contribution < 1.29 is 14.2 Å². The van der Waals surface area contributed by atoms with Gasteiger partial charge < -0.3 is 9.84 Å². The molecule has 20 heavy (non-hydrogen) atoms. The third-order valence-corrected chi connectivity index (χ3v) is 3.09. The summed E-state index contributed by atoms with van der Waals surface area (Å²) in [6.45, 7) is -0.219. The van der Waals surface area contributed by atoms with E-state index in [1.165, 1.54) is 12.1 Å². The van der Waals surface area contributed by atoms with Gasteiger partial charge in [-0.25, -0.2) is 4.39 Å². The highest BCUT2D eigenvalue weighted by atomic mass is 19.1. The molecule has 0 spiro atoms. The van der Waals surface area contributed by atoms with Gasteiger partial charge in [-0.2, -0.15) is 0 Å². The topological polar surface area (TPSA) is 29.5 Å². The average molecular weight is 268 g/mol. The lowest BCUT2D eigenvalue weighted by Gasteiger charge is -2.10. The van der Waals surface area contributed by atoms with Gasteiger partial charge in [0.05, 0.1) is 6.61 Å². The van der Waals surface area contributed by atoms with E-state index in [1.807, 2.05) is 42.5 Å². The summed E-state index contributed by atoms with van der Waals surface area (Å²) in [5.41, 5.74) is 0.486. The van der Waals surface area contributed by atoms with Crippen LogP contribution in [0.1, 0.15) is 5.56 Å². The van der Waals surface area contributed by atoms with Crippen LogP contribution in [0.5, 0.6) is 11.5 Å². The molecule has 0 unspecified atom stereocenters. The lowest BCUT2D eigenvalue weighted by atomic mass is 10.1. The number of hydrogen-bond acceptors (Lipinski definition) is 2. The molecular weight excluding hydrogens is 255 g/mol. The van der Waals surface area contributed by atoms with Crippen LogP contribution in [0.3, 0.4) is 0 Å². The lowest BCUT2D eigenvalue weighted by molar-refractivity contribution is 0.280. The molecule has 3 heteroatoms. The van der Waals surface area contributed by atoms with Gasteiger partial charge in [0, 0.05) is 11.5 Å². The van der Waals surface area contributed by atoms with Crippen molar-refractivity contribution in [3.63, 3.8) is 0 Å². The van der Waals surface area contributed by atoms with Gasteiger partial charge >= 0.3 is 0 Å². The zero-order valence-corrected chi connectivity index (χ0v) is 10.7. The van der Waals surface area contributed by atoms with E-state index in [0.717, 1.165) is 10.8 Å². The van der Waals surface area contributed by atoms with Crippen LogP contribution in [0.4, 0.5) is 4.39 Å². The fraction of sp³-hybridized carbons (Fsp3) is 0.0588. The van der Waals surface area contributed by atoms with Crippen molar-refractivity contribution in [2.45, 2.75) is 6.61 Å². The van der Waals surface area contributed by atoms with Crippen molar-refractivity contribution in [1.82, 2.24) is 0 Å². The van der Waals surface area contributed by atoms with Crippen molar-refractivity contribution >= 4 is 10.8 Å². The normalized spacial score (nSPS) is 10.7. The SMILES string of the molecule is OCc1cc(F)cc(Oc2cccc3ccccc23)c1. The molecule has 100 valence electrons. The number of aliphatic hydroxyl groups is 1. The molecule has 0 heterocycles. The molecule has 1 N–H and O–H groups in total. The van der Waals surface area contributed by atoms with Gasteiger partial charge in [-0.3, -0.25) is 0 Å². The minimum absolute atomic E-state index is 0.219. The van der Waals surface area contributed by atoms with Gasteiger partial charge in [-0.05, 0) is 29.1 Å². The Labute approximate surface area is 116 Å². The smallest absolute Gasteiger partial charge is 0.135 e. The second-order valence-electron chi connectivity index (χ2n) is 4.53. The van der Waals surface area contributed by atoms with Gasteiger partial charge in [-0.15, -0.1) is 0 Å². The number of hydrogen-bond donors (Lipinski definition) is 1. The van der Waals surface area contributed by atoms with Crippen molar-refractivity contribution in [2.24, 2.45) is 0 Å². The third kappa shape index (κ3) is 2.49. The molecular formula is C17H13FO2. The maximum atomic E-state index is 13.4. The van der Waals surface area contributed by atoms with E-state index in [4.69, 9.17) is 9.84 Å². The largest absolute Gasteiger partial charge is 0.457 e. The van der Waals surface area contributed by atoms with Crippen LogP contribution in [0, 0.1) is 5.82 Å². The highest BCUT2D eigenvalue weighted by Gasteiger charge is 2.05. The quantitative estimate of drug-likeness (QED) is 0.769. The number of benzene rings is 3. The second-order valence-corrected chi connectivity index (χ2v) is 4.53. The number of fused-ring (bicyclic) bond motifs is 1. The average Bonchev–Trinajstić information content (AvgIpc) is 2.47. The number of aliphatic hydroxyl groups excluding tert-OH is 1. The zero-order chi connectivity index (χ0) is 13.9. The summed E-state index contributed by atoms with van der Waals surface area (Å²) in [4.78, 5) is 0. The van der Waals surface area contributed by atoms with Crippen molar-refractivity contribution in [3.8, 4) is 11.5 Å². The Bertz CT molecular complexity index is 748. The second kappa shape index (κ2) is 5.31. The van der Waals surface area contributed by atoms with Gasteiger partial charge in [0.25, 0.3) is 0 Å². The van der Waals surface area contributed by atoms with Crippen molar-refractivity contribution in [1.29, 1.82) is 0 Å². The maximum absolute atomic E-state index is 13.4. The van der Waals surface area contributed by atoms with Crippen LogP contribution in [0.2, 0.25) is 0 Å². The summed E-state index contributed by atoms with van der Waals surface area (Å²) in [6.07, 6.45) is 0. The monoisotopic (exact) mass is 268 g/mol. The Hall–Kier alpha value is -2.39. The van der Waals surface area contributed by atoms with E-state index >= 15 is 0 Å². The molecule has 3 aromatic carbocycles. The van der Waals surface area contributed by atoms with Crippen LogP contribution in [0.15, 0.2) is 60.7 Å². The van der Waals surface area contributed by atoms with E-state index in [0.29, 0.717) is 17.1 Å². The first-order valence-electron chi connectivity index (χ1n) is 6.32. The molecule has 2 nitrogen and oxygen atoms in total. The Morgan fingerprint density at radius 3 is 2.60 bits per heavy atom. The first-order valence-corrected chi connectivity index (χ1v) is 6.32. The number of rotatable bonds is 3. The molecule has 3 rings (SSSR count). The highest BCUT2D eigenvalue weighted by molar-refractivity contribution is 5.88. The Kier molecular flexibility index (Phi) is 3.35. The molecule has 0 saturated heterocycles. The molecule has 0 aliphatic heterocycles. The van der Waals surface area contributed by atoms with Gasteiger partial charge in [0.15, 0.2) is 0 Å². The fourth-order valence-corrected chi connectivity index (χ4v) is 2.18. The van der Waals surface area contributed by atoms with E-state index < -0.39 is 5.82 Å². The molecule has 0 saturated carbocycles. The van der Waals surface area contributed by atoms with Crippen molar-refractivity contribution in [3.05, 3.63) is 72.0 Å². The molecule has 0 aromatic heterocycles. The predicted molar refractivity (Wildman–Crippen MR) is 76.3 cm³/mol. The molecule has 0 fully saturated rings. The summed E-state index contributed by atoms with van der Waals surface area (Å²) in [5.74, 6) is 0.620. The van der Waals surface area contributed by atoms with Crippen LogP contribution in [0.25, 0.3) is 10.8 Å².